The van der Waals surface area contributed by atoms with Gasteiger partial charge in [-0.1, -0.05) is 31.0 Å². The lowest BCUT2D eigenvalue weighted by atomic mass is 9.85. The predicted octanol–water partition coefficient (Wildman–Crippen LogP) is 3.66. The molecule has 1 aliphatic rings. The lowest BCUT2D eigenvalue weighted by molar-refractivity contribution is 0.127. The zero-order valence-electron chi connectivity index (χ0n) is 13.1. The van der Waals surface area contributed by atoms with Gasteiger partial charge in [-0.05, 0) is 50.0 Å². The summed E-state index contributed by atoms with van der Waals surface area (Å²) in [4.78, 5) is 2.61. The third kappa shape index (κ3) is 3.91. The standard InChI is InChI=1S/C17H27ClN2O/c1-3-9-20-10-5-4-6-16(20)14(12-19)13-7-8-17(21-2)15(18)11-13/h7-8,11,14,16H,3-6,9-10,12,19H2,1-2H3. The van der Waals surface area contributed by atoms with Crippen LogP contribution in [0.15, 0.2) is 18.2 Å². The quantitative estimate of drug-likeness (QED) is 0.871. The van der Waals surface area contributed by atoms with Crippen LogP contribution in [0.2, 0.25) is 5.02 Å². The Labute approximate surface area is 133 Å². The monoisotopic (exact) mass is 310 g/mol. The Morgan fingerprint density at radius 3 is 2.86 bits per heavy atom. The largest absolute Gasteiger partial charge is 0.495 e. The van der Waals surface area contributed by atoms with Crippen LogP contribution in [0.25, 0.3) is 0 Å². The van der Waals surface area contributed by atoms with Crippen molar-refractivity contribution in [3.63, 3.8) is 0 Å². The van der Waals surface area contributed by atoms with Gasteiger partial charge in [0.2, 0.25) is 0 Å². The summed E-state index contributed by atoms with van der Waals surface area (Å²) in [7, 11) is 1.64. The van der Waals surface area contributed by atoms with Crippen molar-refractivity contribution in [2.75, 3.05) is 26.7 Å². The molecule has 2 unspecified atom stereocenters. The molecule has 0 amide bonds. The SMILES string of the molecule is CCCN1CCCCC1C(CN)c1ccc(OC)c(Cl)c1. The number of hydrogen-bond acceptors (Lipinski definition) is 3. The topological polar surface area (TPSA) is 38.5 Å². The summed E-state index contributed by atoms with van der Waals surface area (Å²) in [6, 6.07) is 6.62. The van der Waals surface area contributed by atoms with E-state index < -0.39 is 0 Å². The van der Waals surface area contributed by atoms with Crippen molar-refractivity contribution in [1.82, 2.24) is 4.90 Å². The molecule has 3 nitrogen and oxygen atoms in total. The van der Waals surface area contributed by atoms with Crippen molar-refractivity contribution < 1.29 is 4.74 Å². The third-order valence-electron chi connectivity index (χ3n) is 4.50. The Bertz CT molecular complexity index is 450. The second-order valence-corrected chi connectivity index (χ2v) is 6.24. The zero-order valence-corrected chi connectivity index (χ0v) is 13.9. The van der Waals surface area contributed by atoms with Crippen molar-refractivity contribution in [3.05, 3.63) is 28.8 Å². The highest BCUT2D eigenvalue weighted by Crippen LogP contribution is 2.34. The Balaban J connectivity index is 2.22. The average Bonchev–Trinajstić information content (AvgIpc) is 2.50. The number of benzene rings is 1. The van der Waals surface area contributed by atoms with Gasteiger partial charge in [0.15, 0.2) is 0 Å². The van der Waals surface area contributed by atoms with E-state index in [1.54, 1.807) is 7.11 Å². The number of likely N-dealkylation sites (tertiary alicyclic amines) is 1. The number of ether oxygens (including phenoxy) is 1. The van der Waals surface area contributed by atoms with Gasteiger partial charge in [-0.25, -0.2) is 0 Å². The number of nitrogens with zero attached hydrogens (tertiary/aromatic N) is 1. The van der Waals surface area contributed by atoms with Gasteiger partial charge in [-0.3, -0.25) is 4.90 Å². The molecule has 2 rings (SSSR count). The Kier molecular flexibility index (Phi) is 6.34. The van der Waals surface area contributed by atoms with Gasteiger partial charge in [0, 0.05) is 18.5 Å². The molecule has 4 heteroatoms. The van der Waals surface area contributed by atoms with E-state index in [1.807, 2.05) is 12.1 Å². The van der Waals surface area contributed by atoms with E-state index >= 15 is 0 Å². The number of methoxy groups -OCH3 is 1. The van der Waals surface area contributed by atoms with Gasteiger partial charge in [0.25, 0.3) is 0 Å². The molecule has 2 N–H and O–H groups in total. The van der Waals surface area contributed by atoms with Crippen molar-refractivity contribution >= 4 is 11.6 Å². The first-order valence-corrected chi connectivity index (χ1v) is 8.36. The second kappa shape index (κ2) is 8.02. The maximum absolute atomic E-state index is 6.29. The van der Waals surface area contributed by atoms with Crippen LogP contribution in [-0.4, -0.2) is 37.7 Å². The van der Waals surface area contributed by atoms with Crippen molar-refractivity contribution in [1.29, 1.82) is 0 Å². The van der Waals surface area contributed by atoms with Gasteiger partial charge >= 0.3 is 0 Å². The number of rotatable bonds is 6. The van der Waals surface area contributed by atoms with E-state index in [9.17, 15) is 0 Å². The summed E-state index contributed by atoms with van der Waals surface area (Å²) >= 11 is 6.29. The molecule has 1 heterocycles. The first kappa shape index (κ1) is 16.6. The number of halogens is 1. The van der Waals surface area contributed by atoms with E-state index in [1.165, 1.54) is 37.8 Å². The third-order valence-corrected chi connectivity index (χ3v) is 4.79. The van der Waals surface area contributed by atoms with E-state index in [-0.39, 0.29) is 0 Å². The van der Waals surface area contributed by atoms with Crippen molar-refractivity contribution in [2.45, 2.75) is 44.6 Å². The minimum Gasteiger partial charge on any atom is -0.495 e. The van der Waals surface area contributed by atoms with Gasteiger partial charge in [0.1, 0.15) is 5.75 Å². The molecule has 1 aromatic rings. The summed E-state index contributed by atoms with van der Waals surface area (Å²) in [5.41, 5.74) is 7.35. The van der Waals surface area contributed by atoms with Crippen LogP contribution >= 0.6 is 11.6 Å². The van der Waals surface area contributed by atoms with Gasteiger partial charge < -0.3 is 10.5 Å². The van der Waals surface area contributed by atoms with Crippen molar-refractivity contribution in [3.8, 4) is 5.75 Å². The minimum absolute atomic E-state index is 0.347. The first-order chi connectivity index (χ1) is 10.2. The molecule has 0 aliphatic carbocycles. The molecule has 0 saturated carbocycles. The average molecular weight is 311 g/mol. The molecule has 0 aromatic heterocycles. The molecular formula is C17H27ClN2O. The van der Waals surface area contributed by atoms with Crippen LogP contribution in [0.4, 0.5) is 0 Å². The molecular weight excluding hydrogens is 284 g/mol. The molecule has 1 aliphatic heterocycles. The fourth-order valence-electron chi connectivity index (χ4n) is 3.47. The van der Waals surface area contributed by atoms with E-state index in [2.05, 4.69) is 17.9 Å². The molecule has 2 atom stereocenters. The number of hydrogen-bond donors (Lipinski definition) is 1. The summed E-state index contributed by atoms with van der Waals surface area (Å²) < 4.78 is 5.24. The van der Waals surface area contributed by atoms with Crippen LogP contribution in [0.3, 0.4) is 0 Å². The summed E-state index contributed by atoms with van der Waals surface area (Å²) in [5.74, 6) is 1.07. The minimum atomic E-state index is 0.347. The highest BCUT2D eigenvalue weighted by molar-refractivity contribution is 6.32. The Morgan fingerprint density at radius 1 is 1.43 bits per heavy atom. The molecule has 1 fully saturated rings. The molecule has 118 valence electrons. The van der Waals surface area contributed by atoms with E-state index in [0.717, 1.165) is 12.3 Å². The lowest BCUT2D eigenvalue weighted by Gasteiger charge is -2.40. The molecule has 0 spiro atoms. The molecule has 1 saturated heterocycles. The van der Waals surface area contributed by atoms with E-state index in [4.69, 9.17) is 22.1 Å². The van der Waals surface area contributed by atoms with Gasteiger partial charge in [-0.15, -0.1) is 0 Å². The van der Waals surface area contributed by atoms with Crippen LogP contribution in [-0.2, 0) is 0 Å². The molecule has 1 aromatic carbocycles. The van der Waals surface area contributed by atoms with Crippen LogP contribution < -0.4 is 10.5 Å². The zero-order chi connectivity index (χ0) is 15.2. The van der Waals surface area contributed by atoms with E-state index in [0.29, 0.717) is 23.5 Å². The molecule has 0 radical (unpaired) electrons. The van der Waals surface area contributed by atoms with Crippen LogP contribution in [0.5, 0.6) is 5.75 Å². The van der Waals surface area contributed by atoms with Crippen LogP contribution in [0.1, 0.15) is 44.1 Å². The predicted molar refractivity (Wildman–Crippen MR) is 89.3 cm³/mol. The lowest BCUT2D eigenvalue weighted by Crippen LogP contribution is -2.45. The fraction of sp³-hybridized carbons (Fsp3) is 0.647. The Hall–Kier alpha value is -0.770. The Morgan fingerprint density at radius 2 is 2.24 bits per heavy atom. The van der Waals surface area contributed by atoms with Crippen molar-refractivity contribution in [2.24, 2.45) is 5.73 Å². The highest BCUT2D eigenvalue weighted by Gasteiger charge is 2.29. The summed E-state index contributed by atoms with van der Waals surface area (Å²) in [5, 5.41) is 0.673. The molecule has 21 heavy (non-hydrogen) atoms. The summed E-state index contributed by atoms with van der Waals surface area (Å²) in [6.45, 7) is 5.25. The second-order valence-electron chi connectivity index (χ2n) is 5.84. The maximum atomic E-state index is 6.29. The number of nitrogens with two attached hydrogens (primary N) is 1. The highest BCUT2D eigenvalue weighted by atomic mass is 35.5. The number of piperidine rings is 1. The van der Waals surface area contributed by atoms with Gasteiger partial charge in [0.05, 0.1) is 12.1 Å². The van der Waals surface area contributed by atoms with Gasteiger partial charge in [-0.2, -0.15) is 0 Å². The fourth-order valence-corrected chi connectivity index (χ4v) is 3.73. The smallest absolute Gasteiger partial charge is 0.137 e. The van der Waals surface area contributed by atoms with Crippen LogP contribution in [0, 0.1) is 0 Å². The summed E-state index contributed by atoms with van der Waals surface area (Å²) in [6.07, 6.45) is 5.02. The molecule has 0 bridgehead atoms. The normalized spacial score (nSPS) is 21.2. The maximum Gasteiger partial charge on any atom is 0.137 e. The first-order valence-electron chi connectivity index (χ1n) is 7.98.